The molecule has 2 N–H and O–H groups in total. The number of carbonyl (C=O) groups excluding carboxylic acids is 1. The van der Waals surface area contributed by atoms with E-state index in [9.17, 15) is 9.90 Å². The summed E-state index contributed by atoms with van der Waals surface area (Å²) in [5, 5.41) is 13.1. The number of rotatable bonds is 5. The maximum atomic E-state index is 12.4. The van der Waals surface area contributed by atoms with Crippen molar-refractivity contribution in [2.75, 3.05) is 0 Å². The Kier molecular flexibility index (Phi) is 6.05. The lowest BCUT2D eigenvalue weighted by atomic mass is 10.1. The molecule has 0 saturated heterocycles. The molecule has 0 aromatic heterocycles. The van der Waals surface area contributed by atoms with Crippen LogP contribution in [0, 0.1) is 0 Å². The van der Waals surface area contributed by atoms with Gasteiger partial charge in [-0.25, -0.2) is 0 Å². The topological polar surface area (TPSA) is 58.6 Å². The summed E-state index contributed by atoms with van der Waals surface area (Å²) in [6.07, 6.45) is 4.47. The van der Waals surface area contributed by atoms with Gasteiger partial charge >= 0.3 is 0 Å². The Labute approximate surface area is 126 Å². The fourth-order valence-electron chi connectivity index (χ4n) is 2.72. The van der Waals surface area contributed by atoms with Crippen LogP contribution in [0.1, 0.15) is 45.4 Å². The summed E-state index contributed by atoms with van der Waals surface area (Å²) >= 11 is 0. The number of carbonyl (C=O) groups is 1. The lowest BCUT2D eigenvalue weighted by molar-refractivity contribution is -0.129. The van der Waals surface area contributed by atoms with Crippen LogP contribution in [0.4, 0.5) is 0 Å². The van der Waals surface area contributed by atoms with Crippen LogP contribution in [0.25, 0.3) is 0 Å². The number of hydrogen-bond acceptors (Lipinski definition) is 3. The van der Waals surface area contributed by atoms with Gasteiger partial charge in [0.1, 0.15) is 5.75 Å². The van der Waals surface area contributed by atoms with Crippen LogP contribution in [0.3, 0.4) is 0 Å². The highest BCUT2D eigenvalue weighted by Gasteiger charge is 2.26. The molecule has 0 spiro atoms. The summed E-state index contributed by atoms with van der Waals surface area (Å²) in [5.41, 5.74) is 0. The van der Waals surface area contributed by atoms with E-state index < -0.39 is 12.2 Å². The van der Waals surface area contributed by atoms with E-state index in [1.54, 1.807) is 0 Å². The van der Waals surface area contributed by atoms with Crippen LogP contribution in [-0.4, -0.2) is 29.3 Å². The number of hydrogen-bond donors (Lipinski definition) is 2. The monoisotopic (exact) mass is 291 g/mol. The summed E-state index contributed by atoms with van der Waals surface area (Å²) in [4.78, 5) is 12.4. The molecule has 0 bridgehead atoms. The second kappa shape index (κ2) is 8.03. The maximum absolute atomic E-state index is 12.4. The summed E-state index contributed by atoms with van der Waals surface area (Å²) in [5.74, 6) is 0.563. The Hall–Kier alpha value is -1.55. The first-order valence-electron chi connectivity index (χ1n) is 7.91. The molecule has 1 fully saturated rings. The largest absolute Gasteiger partial charge is 0.481 e. The molecule has 21 heavy (non-hydrogen) atoms. The normalized spacial score (nSPS) is 23.9. The van der Waals surface area contributed by atoms with E-state index in [-0.39, 0.29) is 11.9 Å². The maximum Gasteiger partial charge on any atom is 0.261 e. The molecule has 4 nitrogen and oxygen atoms in total. The molecule has 3 atom stereocenters. The molecule has 1 aromatic rings. The second-order valence-electron chi connectivity index (χ2n) is 5.65. The minimum Gasteiger partial charge on any atom is -0.481 e. The van der Waals surface area contributed by atoms with Gasteiger partial charge in [0.05, 0.1) is 12.1 Å². The highest BCUT2D eigenvalue weighted by atomic mass is 16.5. The van der Waals surface area contributed by atoms with Crippen LogP contribution >= 0.6 is 0 Å². The zero-order valence-electron chi connectivity index (χ0n) is 12.6. The molecule has 1 aliphatic carbocycles. The summed E-state index contributed by atoms with van der Waals surface area (Å²) in [6, 6.07) is 9.22. The van der Waals surface area contributed by atoms with Gasteiger partial charge in [-0.3, -0.25) is 4.79 Å². The van der Waals surface area contributed by atoms with Crippen LogP contribution in [0.5, 0.6) is 5.75 Å². The van der Waals surface area contributed by atoms with Gasteiger partial charge in [0.25, 0.3) is 5.91 Å². The Bertz CT molecular complexity index is 435. The number of aliphatic hydroxyl groups excluding tert-OH is 1. The zero-order chi connectivity index (χ0) is 15.1. The predicted octanol–water partition coefficient (Wildman–Crippen LogP) is 2.65. The number of benzene rings is 1. The van der Waals surface area contributed by atoms with Gasteiger partial charge in [-0.2, -0.15) is 0 Å². The first-order chi connectivity index (χ1) is 10.2. The standard InChI is InChI=1S/C17H25NO3/c1-2-16(21-13-9-5-3-6-10-13)17(20)18-14-11-7-4-8-12-15(14)19/h3,5-6,9-10,14-16,19H,2,4,7-8,11-12H2,1H3,(H,18,20). The number of nitrogens with one attached hydrogen (secondary N) is 1. The van der Waals surface area contributed by atoms with E-state index in [1.165, 1.54) is 0 Å². The Morgan fingerprint density at radius 3 is 2.71 bits per heavy atom. The Morgan fingerprint density at radius 2 is 2.00 bits per heavy atom. The molecular weight excluding hydrogens is 266 g/mol. The SMILES string of the molecule is CCC(Oc1ccccc1)C(=O)NC1CCCCCC1O. The molecule has 0 heterocycles. The highest BCUT2D eigenvalue weighted by Crippen LogP contribution is 2.19. The number of aliphatic hydroxyl groups is 1. The van der Waals surface area contributed by atoms with Crippen molar-refractivity contribution in [2.45, 2.75) is 63.7 Å². The Morgan fingerprint density at radius 1 is 1.29 bits per heavy atom. The Balaban J connectivity index is 1.93. The smallest absolute Gasteiger partial charge is 0.261 e. The van der Waals surface area contributed by atoms with Crippen LogP contribution in [-0.2, 0) is 4.79 Å². The molecule has 3 unspecified atom stereocenters. The molecule has 1 aliphatic rings. The van der Waals surface area contributed by atoms with Crippen molar-refractivity contribution >= 4 is 5.91 Å². The van der Waals surface area contributed by atoms with E-state index in [1.807, 2.05) is 37.3 Å². The van der Waals surface area contributed by atoms with Crippen LogP contribution < -0.4 is 10.1 Å². The fourth-order valence-corrected chi connectivity index (χ4v) is 2.72. The van der Waals surface area contributed by atoms with Crippen molar-refractivity contribution in [3.05, 3.63) is 30.3 Å². The number of ether oxygens (including phenoxy) is 1. The first kappa shape index (κ1) is 15.8. The van der Waals surface area contributed by atoms with Gasteiger partial charge in [-0.15, -0.1) is 0 Å². The number of amides is 1. The fraction of sp³-hybridized carbons (Fsp3) is 0.588. The summed E-state index contributed by atoms with van der Waals surface area (Å²) in [6.45, 7) is 1.93. The first-order valence-corrected chi connectivity index (χ1v) is 7.91. The summed E-state index contributed by atoms with van der Waals surface area (Å²) < 4.78 is 5.74. The molecule has 1 aromatic carbocycles. The third-order valence-corrected chi connectivity index (χ3v) is 3.99. The summed E-state index contributed by atoms with van der Waals surface area (Å²) in [7, 11) is 0. The van der Waals surface area contributed by atoms with Crippen LogP contribution in [0.2, 0.25) is 0 Å². The van der Waals surface area contributed by atoms with E-state index in [4.69, 9.17) is 4.74 Å². The van der Waals surface area contributed by atoms with Gasteiger partial charge in [-0.1, -0.05) is 44.4 Å². The van der Waals surface area contributed by atoms with Gasteiger partial charge in [0.15, 0.2) is 6.10 Å². The minimum atomic E-state index is -0.511. The zero-order valence-corrected chi connectivity index (χ0v) is 12.6. The van der Waals surface area contributed by atoms with Gasteiger partial charge in [-0.05, 0) is 31.4 Å². The second-order valence-corrected chi connectivity index (χ2v) is 5.65. The van der Waals surface area contributed by atoms with E-state index in [2.05, 4.69) is 5.32 Å². The van der Waals surface area contributed by atoms with Crippen molar-refractivity contribution in [2.24, 2.45) is 0 Å². The van der Waals surface area contributed by atoms with Gasteiger partial charge in [0, 0.05) is 0 Å². The molecule has 116 valence electrons. The van der Waals surface area contributed by atoms with Crippen molar-refractivity contribution in [1.82, 2.24) is 5.32 Å². The van der Waals surface area contributed by atoms with Crippen LogP contribution in [0.15, 0.2) is 30.3 Å². The average molecular weight is 291 g/mol. The predicted molar refractivity (Wildman–Crippen MR) is 82.2 cm³/mol. The average Bonchev–Trinajstić information content (AvgIpc) is 2.71. The van der Waals surface area contributed by atoms with E-state index >= 15 is 0 Å². The van der Waals surface area contributed by atoms with Crippen molar-refractivity contribution < 1.29 is 14.6 Å². The lowest BCUT2D eigenvalue weighted by Gasteiger charge is -2.25. The molecular formula is C17H25NO3. The van der Waals surface area contributed by atoms with E-state index in [0.717, 1.165) is 32.1 Å². The molecule has 1 saturated carbocycles. The molecule has 4 heteroatoms. The van der Waals surface area contributed by atoms with Crippen molar-refractivity contribution in [3.8, 4) is 5.75 Å². The molecule has 0 radical (unpaired) electrons. The van der Waals surface area contributed by atoms with Crippen molar-refractivity contribution in [1.29, 1.82) is 0 Å². The third kappa shape index (κ3) is 4.74. The van der Waals surface area contributed by atoms with E-state index in [0.29, 0.717) is 12.2 Å². The lowest BCUT2D eigenvalue weighted by Crippen LogP contribution is -2.48. The highest BCUT2D eigenvalue weighted by molar-refractivity contribution is 5.81. The minimum absolute atomic E-state index is 0.132. The molecule has 0 aliphatic heterocycles. The van der Waals surface area contributed by atoms with Gasteiger partial charge < -0.3 is 15.2 Å². The quantitative estimate of drug-likeness (QED) is 0.820. The molecule has 2 rings (SSSR count). The molecule has 1 amide bonds. The number of para-hydroxylation sites is 1. The van der Waals surface area contributed by atoms with Gasteiger partial charge in [0.2, 0.25) is 0 Å². The third-order valence-electron chi connectivity index (χ3n) is 3.99. The van der Waals surface area contributed by atoms with Crippen molar-refractivity contribution in [3.63, 3.8) is 0 Å².